The molecule has 2 N–H and O–H groups in total. The van der Waals surface area contributed by atoms with Crippen LogP contribution in [0.4, 0.5) is 5.69 Å². The Kier molecular flexibility index (Phi) is 8.90. The molecule has 8 nitrogen and oxygen atoms in total. The SMILES string of the molecule is CCOC(=O)C(CCC1CCCCCC1)N[C@@H]1CC(=O)N(CC(=O)O)c2ccccc2O1. The molecule has 1 aliphatic carbocycles. The first-order chi connectivity index (χ1) is 15.5. The molecule has 32 heavy (non-hydrogen) atoms. The lowest BCUT2D eigenvalue weighted by atomic mass is 9.93. The molecular formula is C24H34N2O6. The maximum atomic E-state index is 12.9. The number of fused-ring (bicyclic) bond motifs is 1. The third-order valence-corrected chi connectivity index (χ3v) is 6.18. The van der Waals surface area contributed by atoms with E-state index in [0.717, 1.165) is 6.42 Å². The molecule has 2 atom stereocenters. The first-order valence-electron chi connectivity index (χ1n) is 11.7. The lowest BCUT2D eigenvalue weighted by Gasteiger charge is -2.25. The molecule has 0 saturated heterocycles. The molecule has 0 aromatic heterocycles. The average molecular weight is 447 g/mol. The number of amides is 1. The molecule has 0 bridgehead atoms. The van der Waals surface area contributed by atoms with E-state index in [1.165, 1.54) is 43.4 Å². The van der Waals surface area contributed by atoms with E-state index in [-0.39, 0.29) is 24.9 Å². The summed E-state index contributed by atoms with van der Waals surface area (Å²) in [6, 6.07) is 6.26. The largest absolute Gasteiger partial charge is 0.480 e. The number of carboxylic acids is 1. The van der Waals surface area contributed by atoms with Gasteiger partial charge in [-0.25, -0.2) is 0 Å². The van der Waals surface area contributed by atoms with E-state index in [1.807, 2.05) is 0 Å². The number of carbonyl (C=O) groups excluding carboxylic acids is 2. The maximum Gasteiger partial charge on any atom is 0.323 e. The number of hydrogen-bond donors (Lipinski definition) is 2. The number of carbonyl (C=O) groups is 3. The molecule has 1 amide bonds. The van der Waals surface area contributed by atoms with Gasteiger partial charge in [-0.05, 0) is 37.8 Å². The summed E-state index contributed by atoms with van der Waals surface area (Å²) in [6.07, 6.45) is 8.08. The highest BCUT2D eigenvalue weighted by atomic mass is 16.5. The van der Waals surface area contributed by atoms with E-state index >= 15 is 0 Å². The molecule has 1 aliphatic heterocycles. The molecule has 0 spiro atoms. The van der Waals surface area contributed by atoms with Crippen molar-refractivity contribution in [2.75, 3.05) is 18.1 Å². The van der Waals surface area contributed by atoms with Crippen LogP contribution in [0.25, 0.3) is 0 Å². The summed E-state index contributed by atoms with van der Waals surface area (Å²) in [4.78, 5) is 38.1. The molecule has 1 aromatic carbocycles. The van der Waals surface area contributed by atoms with Gasteiger partial charge >= 0.3 is 11.9 Å². The van der Waals surface area contributed by atoms with Crippen molar-refractivity contribution in [2.24, 2.45) is 5.92 Å². The van der Waals surface area contributed by atoms with Crippen molar-refractivity contribution in [1.29, 1.82) is 0 Å². The monoisotopic (exact) mass is 446 g/mol. The second kappa shape index (κ2) is 11.9. The summed E-state index contributed by atoms with van der Waals surface area (Å²) in [7, 11) is 0. The van der Waals surface area contributed by atoms with Gasteiger partial charge in [-0.2, -0.15) is 0 Å². The number of anilines is 1. The predicted octanol–water partition coefficient (Wildman–Crippen LogP) is 3.48. The first-order valence-corrected chi connectivity index (χ1v) is 11.7. The first kappa shape index (κ1) is 24.0. The Labute approximate surface area is 189 Å². The highest BCUT2D eigenvalue weighted by Crippen LogP contribution is 2.33. The van der Waals surface area contributed by atoms with E-state index < -0.39 is 24.8 Å². The van der Waals surface area contributed by atoms with Crippen molar-refractivity contribution in [3.05, 3.63) is 24.3 Å². The van der Waals surface area contributed by atoms with Crippen molar-refractivity contribution < 1.29 is 29.0 Å². The highest BCUT2D eigenvalue weighted by Gasteiger charge is 2.33. The minimum atomic E-state index is -1.10. The Balaban J connectivity index is 1.72. The lowest BCUT2D eigenvalue weighted by molar-refractivity contribution is -0.147. The molecule has 8 heteroatoms. The molecule has 0 radical (unpaired) electrons. The molecular weight excluding hydrogens is 412 g/mol. The molecule has 1 aromatic rings. The van der Waals surface area contributed by atoms with Crippen molar-refractivity contribution >= 4 is 23.5 Å². The Hall–Kier alpha value is -2.61. The summed E-state index contributed by atoms with van der Waals surface area (Å²) in [5, 5.41) is 12.4. The van der Waals surface area contributed by atoms with Gasteiger partial charge < -0.3 is 14.6 Å². The van der Waals surface area contributed by atoms with Crippen LogP contribution in [0.2, 0.25) is 0 Å². The summed E-state index contributed by atoms with van der Waals surface area (Å²) in [5.74, 6) is -0.825. The van der Waals surface area contributed by atoms with Gasteiger partial charge in [0.15, 0.2) is 6.23 Å². The predicted molar refractivity (Wildman–Crippen MR) is 119 cm³/mol. The second-order valence-electron chi connectivity index (χ2n) is 8.56. The van der Waals surface area contributed by atoms with Gasteiger partial charge in [0.05, 0.1) is 18.7 Å². The standard InChI is InChI=1S/C24H34N2O6/c1-2-31-24(30)18(14-13-17-9-5-3-4-6-10-17)25-21-15-22(27)26(16-23(28)29)19-11-7-8-12-20(19)32-21/h7-8,11-12,17-18,21,25H,2-6,9-10,13-16H2,1H3,(H,28,29)/t18?,21-/m0/s1. The summed E-state index contributed by atoms with van der Waals surface area (Å²) in [5.41, 5.74) is 0.412. The molecule has 1 fully saturated rings. The van der Waals surface area contributed by atoms with Crippen LogP contribution in [0.15, 0.2) is 24.3 Å². The number of hydrogen-bond acceptors (Lipinski definition) is 6. The summed E-state index contributed by atoms with van der Waals surface area (Å²) >= 11 is 0. The van der Waals surface area contributed by atoms with Crippen molar-refractivity contribution in [2.45, 2.75) is 77.0 Å². The molecule has 176 valence electrons. The summed E-state index contributed by atoms with van der Waals surface area (Å²) in [6.45, 7) is 1.60. The molecule has 3 rings (SSSR count). The number of nitrogens with zero attached hydrogens (tertiary/aromatic N) is 1. The number of carboxylic acid groups (broad SMARTS) is 1. The summed E-state index contributed by atoms with van der Waals surface area (Å²) < 4.78 is 11.3. The van der Waals surface area contributed by atoms with Gasteiger partial charge in [0.25, 0.3) is 0 Å². The zero-order valence-electron chi connectivity index (χ0n) is 18.8. The maximum absolute atomic E-state index is 12.9. The lowest BCUT2D eigenvalue weighted by Crippen LogP contribution is -2.48. The highest BCUT2D eigenvalue weighted by molar-refractivity contribution is 5.99. The van der Waals surface area contributed by atoms with Gasteiger partial charge in [-0.15, -0.1) is 0 Å². The van der Waals surface area contributed by atoms with Crippen LogP contribution >= 0.6 is 0 Å². The topological polar surface area (TPSA) is 105 Å². The van der Waals surface area contributed by atoms with E-state index in [0.29, 0.717) is 23.8 Å². The van der Waals surface area contributed by atoms with Crippen LogP contribution in [-0.4, -0.2) is 48.4 Å². The molecule has 1 saturated carbocycles. The molecule has 1 heterocycles. The van der Waals surface area contributed by atoms with Crippen LogP contribution in [0.3, 0.4) is 0 Å². The fourth-order valence-electron chi connectivity index (χ4n) is 4.57. The quantitative estimate of drug-likeness (QED) is 0.442. The number of benzene rings is 1. The normalized spacial score (nSPS) is 20.5. The Bertz CT molecular complexity index is 790. The number of aliphatic carboxylic acids is 1. The van der Waals surface area contributed by atoms with Crippen molar-refractivity contribution in [1.82, 2.24) is 5.32 Å². The minimum absolute atomic E-state index is 0.0821. The van der Waals surface area contributed by atoms with Crippen LogP contribution in [0.5, 0.6) is 5.75 Å². The van der Waals surface area contributed by atoms with Gasteiger partial charge in [0.2, 0.25) is 5.91 Å². The zero-order chi connectivity index (χ0) is 22.9. The fraction of sp³-hybridized carbons (Fsp3) is 0.625. The Morgan fingerprint density at radius 3 is 2.62 bits per heavy atom. The smallest absolute Gasteiger partial charge is 0.323 e. The Morgan fingerprint density at radius 1 is 1.22 bits per heavy atom. The van der Waals surface area contributed by atoms with E-state index in [9.17, 15) is 19.5 Å². The molecule has 2 aliphatic rings. The van der Waals surface area contributed by atoms with Gasteiger partial charge in [-0.1, -0.05) is 50.7 Å². The minimum Gasteiger partial charge on any atom is -0.480 e. The number of ether oxygens (including phenoxy) is 2. The average Bonchev–Trinajstić information content (AvgIpc) is 3.09. The number of rotatable bonds is 9. The number of para-hydroxylation sites is 2. The second-order valence-corrected chi connectivity index (χ2v) is 8.56. The van der Waals surface area contributed by atoms with Crippen LogP contribution in [0.1, 0.15) is 64.7 Å². The van der Waals surface area contributed by atoms with Crippen molar-refractivity contribution in [3.63, 3.8) is 0 Å². The third-order valence-electron chi connectivity index (χ3n) is 6.18. The van der Waals surface area contributed by atoms with Crippen molar-refractivity contribution in [3.8, 4) is 5.75 Å². The molecule has 1 unspecified atom stereocenters. The fourth-order valence-corrected chi connectivity index (χ4v) is 4.57. The van der Waals surface area contributed by atoms with E-state index in [2.05, 4.69) is 5.32 Å². The van der Waals surface area contributed by atoms with E-state index in [1.54, 1.807) is 31.2 Å². The van der Waals surface area contributed by atoms with Gasteiger partial charge in [-0.3, -0.25) is 24.6 Å². The number of esters is 1. The third kappa shape index (κ3) is 6.69. The van der Waals surface area contributed by atoms with Crippen LogP contribution in [0, 0.1) is 5.92 Å². The number of nitrogens with one attached hydrogen (secondary N) is 1. The van der Waals surface area contributed by atoms with Crippen LogP contribution < -0.4 is 15.0 Å². The zero-order valence-corrected chi connectivity index (χ0v) is 18.8. The van der Waals surface area contributed by atoms with Crippen LogP contribution in [-0.2, 0) is 19.1 Å². The Morgan fingerprint density at radius 2 is 1.94 bits per heavy atom. The van der Waals surface area contributed by atoms with E-state index in [4.69, 9.17) is 9.47 Å². The van der Waals surface area contributed by atoms with Gasteiger partial charge in [0, 0.05) is 0 Å². The van der Waals surface area contributed by atoms with Gasteiger partial charge in [0.1, 0.15) is 18.3 Å².